The van der Waals surface area contributed by atoms with E-state index >= 15 is 0 Å². The van der Waals surface area contributed by atoms with E-state index in [-0.39, 0.29) is 12.1 Å². The average Bonchev–Trinajstić information content (AvgIpc) is 3.39. The lowest BCUT2D eigenvalue weighted by atomic mass is 9.77. The van der Waals surface area contributed by atoms with E-state index < -0.39 is 0 Å². The molecule has 1 saturated heterocycles. The number of methoxy groups -OCH3 is 1. The molecule has 0 radical (unpaired) electrons. The Balaban J connectivity index is 1.33. The Morgan fingerprint density at radius 3 is 2.68 bits per heavy atom. The van der Waals surface area contributed by atoms with Gasteiger partial charge in [-0.25, -0.2) is 9.97 Å². The van der Waals surface area contributed by atoms with Crippen LogP contribution in [0.15, 0.2) is 55.2 Å². The lowest BCUT2D eigenvalue weighted by molar-refractivity contribution is 0.0501. The summed E-state index contributed by atoms with van der Waals surface area (Å²) in [7, 11) is 1.72. The Kier molecular flexibility index (Phi) is 5.59. The molecule has 162 valence electrons. The summed E-state index contributed by atoms with van der Waals surface area (Å²) in [5, 5.41) is 0. The maximum Gasteiger partial charge on any atom is 0.232 e. The van der Waals surface area contributed by atoms with Gasteiger partial charge in [-0.05, 0) is 49.3 Å². The third kappa shape index (κ3) is 4.28. The zero-order valence-electron chi connectivity index (χ0n) is 18.1. The smallest absolute Gasteiger partial charge is 0.232 e. The van der Waals surface area contributed by atoms with Gasteiger partial charge in [-0.15, -0.1) is 0 Å². The number of hydrogen-bond donors (Lipinski definition) is 0. The van der Waals surface area contributed by atoms with Gasteiger partial charge in [0.15, 0.2) is 0 Å². The molecule has 2 aliphatic rings. The van der Waals surface area contributed by atoms with Gasteiger partial charge < -0.3 is 14.0 Å². The van der Waals surface area contributed by atoms with Crippen molar-refractivity contribution < 1.29 is 9.47 Å². The van der Waals surface area contributed by atoms with Gasteiger partial charge in [0.2, 0.25) is 5.88 Å². The van der Waals surface area contributed by atoms with Gasteiger partial charge in [-0.2, -0.15) is 0 Å². The number of ether oxygens (including phenoxy) is 2. The zero-order valence-corrected chi connectivity index (χ0v) is 18.1. The van der Waals surface area contributed by atoms with Crippen LogP contribution in [-0.2, 0) is 6.54 Å². The fourth-order valence-electron chi connectivity index (χ4n) is 5.30. The number of benzene rings is 1. The molecule has 7 heteroatoms. The van der Waals surface area contributed by atoms with Gasteiger partial charge in [-0.1, -0.05) is 12.1 Å². The van der Waals surface area contributed by atoms with Gasteiger partial charge in [0, 0.05) is 44.4 Å². The molecule has 2 aromatic heterocycles. The molecule has 2 fully saturated rings. The summed E-state index contributed by atoms with van der Waals surface area (Å²) >= 11 is 0. The highest BCUT2D eigenvalue weighted by Gasteiger charge is 2.44. The molecule has 1 aromatic carbocycles. The molecule has 0 unspecified atom stereocenters. The second-order valence-electron chi connectivity index (χ2n) is 8.69. The molecule has 7 nitrogen and oxygen atoms in total. The van der Waals surface area contributed by atoms with Crippen molar-refractivity contribution in [3.8, 4) is 11.6 Å². The SMILES string of the molecule is COc1cccc(CN2C[C@H]3C[C@H](Oc4cnccn4)[C@@H](n4ccnc4C)C[C@H]3C2)c1. The molecular formula is C24H29N5O2. The Bertz CT molecular complexity index is 1010. The Morgan fingerprint density at radius 1 is 1.06 bits per heavy atom. The molecular weight excluding hydrogens is 390 g/mol. The normalized spacial score (nSPS) is 25.9. The van der Waals surface area contributed by atoms with Crippen LogP contribution in [0, 0.1) is 18.8 Å². The second kappa shape index (κ2) is 8.67. The number of fused-ring (bicyclic) bond motifs is 1. The lowest BCUT2D eigenvalue weighted by Gasteiger charge is -2.38. The highest BCUT2D eigenvalue weighted by Crippen LogP contribution is 2.43. The Hall–Kier alpha value is -2.93. The Morgan fingerprint density at radius 2 is 1.94 bits per heavy atom. The van der Waals surface area contributed by atoms with Crippen molar-refractivity contribution in [3.63, 3.8) is 0 Å². The molecule has 0 spiro atoms. The third-order valence-corrected chi connectivity index (χ3v) is 6.73. The van der Waals surface area contributed by atoms with Crippen LogP contribution in [-0.4, -0.2) is 50.7 Å². The summed E-state index contributed by atoms with van der Waals surface area (Å²) < 4.78 is 14.1. The molecule has 1 aliphatic carbocycles. The van der Waals surface area contributed by atoms with Crippen molar-refractivity contribution in [3.05, 3.63) is 66.6 Å². The number of nitrogens with zero attached hydrogens (tertiary/aromatic N) is 5. The highest BCUT2D eigenvalue weighted by molar-refractivity contribution is 5.28. The van der Waals surface area contributed by atoms with Crippen molar-refractivity contribution in [2.45, 2.75) is 38.5 Å². The fourth-order valence-corrected chi connectivity index (χ4v) is 5.30. The van der Waals surface area contributed by atoms with Crippen molar-refractivity contribution in [1.29, 1.82) is 0 Å². The number of imidazole rings is 1. The summed E-state index contributed by atoms with van der Waals surface area (Å²) in [6.45, 7) is 5.23. The van der Waals surface area contributed by atoms with Gasteiger partial charge in [0.1, 0.15) is 17.7 Å². The predicted molar refractivity (Wildman–Crippen MR) is 117 cm³/mol. The summed E-state index contributed by atoms with van der Waals surface area (Å²) in [5.41, 5.74) is 1.30. The van der Waals surface area contributed by atoms with Crippen LogP contribution in [0.5, 0.6) is 11.6 Å². The first-order valence-corrected chi connectivity index (χ1v) is 11.0. The molecule has 0 bridgehead atoms. The quantitative estimate of drug-likeness (QED) is 0.609. The molecule has 3 heterocycles. The molecule has 31 heavy (non-hydrogen) atoms. The van der Waals surface area contributed by atoms with Gasteiger partial charge in [-0.3, -0.25) is 9.88 Å². The first-order chi connectivity index (χ1) is 15.2. The number of hydrogen-bond acceptors (Lipinski definition) is 6. The first kappa shape index (κ1) is 20.0. The summed E-state index contributed by atoms with van der Waals surface area (Å²) in [6.07, 6.45) is 11.2. The van der Waals surface area contributed by atoms with Gasteiger partial charge in [0.25, 0.3) is 0 Å². The monoisotopic (exact) mass is 419 g/mol. The molecule has 0 amide bonds. The van der Waals surface area contributed by atoms with E-state index in [1.54, 1.807) is 25.7 Å². The summed E-state index contributed by atoms with van der Waals surface area (Å²) in [5.74, 6) is 3.82. The van der Waals surface area contributed by atoms with Crippen LogP contribution < -0.4 is 9.47 Å². The van der Waals surface area contributed by atoms with Crippen LogP contribution >= 0.6 is 0 Å². The van der Waals surface area contributed by atoms with Crippen LogP contribution in [0.4, 0.5) is 0 Å². The van der Waals surface area contributed by atoms with Crippen molar-refractivity contribution >= 4 is 0 Å². The van der Waals surface area contributed by atoms with Crippen LogP contribution in [0.3, 0.4) is 0 Å². The molecule has 4 atom stereocenters. The van der Waals surface area contributed by atoms with E-state index in [1.165, 1.54) is 5.56 Å². The number of rotatable bonds is 6. The minimum atomic E-state index is 0.0580. The zero-order chi connectivity index (χ0) is 21.2. The summed E-state index contributed by atoms with van der Waals surface area (Å²) in [6, 6.07) is 8.64. The van der Waals surface area contributed by atoms with Crippen molar-refractivity contribution in [2.75, 3.05) is 20.2 Å². The maximum atomic E-state index is 6.38. The van der Waals surface area contributed by atoms with Crippen molar-refractivity contribution in [1.82, 2.24) is 24.4 Å². The topological polar surface area (TPSA) is 65.3 Å². The molecule has 0 N–H and O–H groups in total. The fraction of sp³-hybridized carbons (Fsp3) is 0.458. The van der Waals surface area contributed by atoms with E-state index in [0.717, 1.165) is 44.0 Å². The van der Waals surface area contributed by atoms with E-state index in [2.05, 4.69) is 55.7 Å². The van der Waals surface area contributed by atoms with Crippen LogP contribution in [0.2, 0.25) is 0 Å². The van der Waals surface area contributed by atoms with Gasteiger partial charge >= 0.3 is 0 Å². The van der Waals surface area contributed by atoms with E-state index in [9.17, 15) is 0 Å². The van der Waals surface area contributed by atoms with E-state index in [4.69, 9.17) is 9.47 Å². The number of aryl methyl sites for hydroxylation is 1. The third-order valence-electron chi connectivity index (χ3n) is 6.73. The molecule has 5 rings (SSSR count). The van der Waals surface area contributed by atoms with E-state index in [0.29, 0.717) is 17.7 Å². The highest BCUT2D eigenvalue weighted by atomic mass is 16.5. The predicted octanol–water partition coefficient (Wildman–Crippen LogP) is 3.52. The van der Waals surface area contributed by atoms with Crippen LogP contribution in [0.25, 0.3) is 0 Å². The number of likely N-dealkylation sites (tertiary alicyclic amines) is 1. The lowest BCUT2D eigenvalue weighted by Crippen LogP contribution is -2.40. The van der Waals surface area contributed by atoms with E-state index in [1.807, 2.05) is 12.3 Å². The molecule has 1 saturated carbocycles. The maximum absolute atomic E-state index is 6.38. The molecule has 1 aliphatic heterocycles. The standard InChI is InChI=1S/C24H29N5O2/c1-17-26-8-9-29(17)22-11-19-15-28(14-18-4-3-5-21(10-18)30-2)16-20(19)12-23(22)31-24-13-25-6-7-27-24/h3-10,13,19-20,22-23H,11-12,14-16H2,1-2H3/t19-,20+,22-,23-/m0/s1. The van der Waals surface area contributed by atoms with Crippen molar-refractivity contribution in [2.24, 2.45) is 11.8 Å². The molecule has 3 aromatic rings. The first-order valence-electron chi connectivity index (χ1n) is 11.0. The minimum absolute atomic E-state index is 0.0580. The minimum Gasteiger partial charge on any atom is -0.497 e. The second-order valence-corrected chi connectivity index (χ2v) is 8.69. The average molecular weight is 420 g/mol. The van der Waals surface area contributed by atoms with Gasteiger partial charge in [0.05, 0.1) is 19.3 Å². The summed E-state index contributed by atoms with van der Waals surface area (Å²) in [4.78, 5) is 15.6. The largest absolute Gasteiger partial charge is 0.497 e. The Labute approximate surface area is 183 Å². The van der Waals surface area contributed by atoms with Crippen LogP contribution in [0.1, 0.15) is 30.3 Å². The number of aromatic nitrogens is 4.